The molecule has 0 aliphatic carbocycles. The van der Waals surface area contributed by atoms with E-state index in [0.29, 0.717) is 0 Å². The molecule has 6 aromatic carbocycles. The molecule has 0 bridgehead atoms. The predicted octanol–water partition coefficient (Wildman–Crippen LogP) is 9.80. The summed E-state index contributed by atoms with van der Waals surface area (Å²) in [4.78, 5) is 4.36. The molecule has 0 aliphatic rings. The molecule has 0 aliphatic heterocycles. The lowest BCUT2D eigenvalue weighted by molar-refractivity contribution is 0.281. The van der Waals surface area contributed by atoms with Crippen LogP contribution in [0.15, 0.2) is 146 Å². The lowest BCUT2D eigenvalue weighted by atomic mass is 10.1. The largest absolute Gasteiger partial charge is 0.497 e. The van der Waals surface area contributed by atoms with E-state index in [9.17, 15) is 10.2 Å². The highest BCUT2D eigenvalue weighted by Gasteiger charge is 2.14. The Morgan fingerprint density at radius 2 is 0.646 bits per heavy atom. The lowest BCUT2D eigenvalue weighted by Crippen LogP contribution is -2.10. The van der Waals surface area contributed by atoms with E-state index in [1.54, 1.807) is 14.2 Å². The SMILES string of the molecule is COc1ccc(N(c2ccc(C=Cc3ccc(N(c4ccc(CO)cc4)c4ccc(CO)cc4)cc3)cc2)c2ccc(OC)cc2)cc1. The third kappa shape index (κ3) is 7.42. The van der Waals surface area contributed by atoms with E-state index in [-0.39, 0.29) is 13.2 Å². The van der Waals surface area contributed by atoms with Gasteiger partial charge >= 0.3 is 0 Å². The second kappa shape index (κ2) is 15.2. The van der Waals surface area contributed by atoms with Gasteiger partial charge in [0.1, 0.15) is 11.5 Å². The van der Waals surface area contributed by atoms with Crippen molar-refractivity contribution in [2.75, 3.05) is 24.0 Å². The molecule has 6 rings (SSSR count). The maximum absolute atomic E-state index is 9.53. The Morgan fingerprint density at radius 1 is 0.396 bits per heavy atom. The van der Waals surface area contributed by atoms with Gasteiger partial charge in [0, 0.05) is 34.1 Å². The molecule has 6 nitrogen and oxygen atoms in total. The van der Waals surface area contributed by atoms with E-state index >= 15 is 0 Å². The number of anilines is 6. The number of nitrogens with zero attached hydrogens (tertiary/aromatic N) is 2. The number of aliphatic hydroxyl groups is 2. The molecule has 0 spiro atoms. The van der Waals surface area contributed by atoms with Crippen molar-refractivity contribution in [3.63, 3.8) is 0 Å². The van der Waals surface area contributed by atoms with Crippen LogP contribution in [0.3, 0.4) is 0 Å². The maximum Gasteiger partial charge on any atom is 0.119 e. The molecule has 48 heavy (non-hydrogen) atoms. The normalized spacial score (nSPS) is 11.0. The molecule has 0 saturated heterocycles. The molecule has 0 saturated carbocycles. The van der Waals surface area contributed by atoms with Crippen LogP contribution in [0.1, 0.15) is 22.3 Å². The average molecular weight is 635 g/mol. The van der Waals surface area contributed by atoms with Crippen molar-refractivity contribution in [1.29, 1.82) is 0 Å². The number of hydrogen-bond donors (Lipinski definition) is 2. The smallest absolute Gasteiger partial charge is 0.119 e. The third-order valence-corrected chi connectivity index (χ3v) is 8.19. The molecule has 6 heteroatoms. The van der Waals surface area contributed by atoms with Crippen molar-refractivity contribution in [2.45, 2.75) is 13.2 Å². The third-order valence-electron chi connectivity index (χ3n) is 8.19. The Labute approximate surface area is 282 Å². The number of methoxy groups -OCH3 is 2. The first-order valence-electron chi connectivity index (χ1n) is 15.7. The van der Waals surface area contributed by atoms with Crippen molar-refractivity contribution in [3.8, 4) is 11.5 Å². The van der Waals surface area contributed by atoms with Gasteiger partial charge in [-0.3, -0.25) is 0 Å². The minimum atomic E-state index is -0.00116. The van der Waals surface area contributed by atoms with Crippen LogP contribution in [0.4, 0.5) is 34.1 Å². The highest BCUT2D eigenvalue weighted by Crippen LogP contribution is 2.37. The van der Waals surface area contributed by atoms with Crippen LogP contribution >= 0.6 is 0 Å². The van der Waals surface area contributed by atoms with Crippen LogP contribution in [-0.4, -0.2) is 24.4 Å². The molecule has 0 radical (unpaired) electrons. The summed E-state index contributed by atoms with van der Waals surface area (Å²) in [5, 5.41) is 19.1. The summed E-state index contributed by atoms with van der Waals surface area (Å²) in [5.41, 5.74) is 9.91. The second-order valence-corrected chi connectivity index (χ2v) is 11.2. The average Bonchev–Trinajstić information content (AvgIpc) is 3.16. The predicted molar refractivity (Wildman–Crippen MR) is 196 cm³/mol. The summed E-state index contributed by atoms with van der Waals surface area (Å²) in [6.45, 7) is -0.00232. The summed E-state index contributed by atoms with van der Waals surface area (Å²) in [6, 6.07) is 48.7. The van der Waals surface area contributed by atoms with Crippen LogP contribution in [0.5, 0.6) is 11.5 Å². The summed E-state index contributed by atoms with van der Waals surface area (Å²) < 4.78 is 10.8. The van der Waals surface area contributed by atoms with Crippen LogP contribution in [0, 0.1) is 0 Å². The Balaban J connectivity index is 1.23. The van der Waals surface area contributed by atoms with Crippen LogP contribution < -0.4 is 19.3 Å². The summed E-state index contributed by atoms with van der Waals surface area (Å²) >= 11 is 0. The first kappa shape index (κ1) is 32.1. The zero-order chi connectivity index (χ0) is 33.3. The van der Waals surface area contributed by atoms with E-state index in [1.165, 1.54) is 0 Å². The Hall–Kier alpha value is -5.82. The summed E-state index contributed by atoms with van der Waals surface area (Å²) in [7, 11) is 3.34. The lowest BCUT2D eigenvalue weighted by Gasteiger charge is -2.26. The Morgan fingerprint density at radius 3 is 0.896 bits per heavy atom. The molecule has 240 valence electrons. The number of ether oxygens (including phenoxy) is 2. The highest BCUT2D eigenvalue weighted by molar-refractivity contribution is 5.80. The van der Waals surface area contributed by atoms with Gasteiger partial charge < -0.3 is 29.5 Å². The Kier molecular flexibility index (Phi) is 10.2. The van der Waals surface area contributed by atoms with Crippen molar-refractivity contribution < 1.29 is 19.7 Å². The van der Waals surface area contributed by atoms with Gasteiger partial charge in [-0.2, -0.15) is 0 Å². The molecule has 0 fully saturated rings. The van der Waals surface area contributed by atoms with E-state index in [2.05, 4.69) is 94.7 Å². The van der Waals surface area contributed by atoms with Gasteiger partial charge in [-0.15, -0.1) is 0 Å². The van der Waals surface area contributed by atoms with Gasteiger partial charge in [-0.1, -0.05) is 60.7 Å². The zero-order valence-corrected chi connectivity index (χ0v) is 27.0. The van der Waals surface area contributed by atoms with Gasteiger partial charge in [0.15, 0.2) is 0 Å². The first-order valence-corrected chi connectivity index (χ1v) is 15.7. The minimum Gasteiger partial charge on any atom is -0.497 e. The highest BCUT2D eigenvalue weighted by atomic mass is 16.5. The summed E-state index contributed by atoms with van der Waals surface area (Å²) in [5.74, 6) is 1.62. The van der Waals surface area contributed by atoms with Crippen molar-refractivity contribution >= 4 is 46.3 Å². The van der Waals surface area contributed by atoms with Gasteiger partial charge in [0.05, 0.1) is 27.4 Å². The number of hydrogen-bond acceptors (Lipinski definition) is 6. The number of aliphatic hydroxyl groups excluding tert-OH is 2. The fourth-order valence-corrected chi connectivity index (χ4v) is 5.52. The quantitative estimate of drug-likeness (QED) is 0.131. The van der Waals surface area contributed by atoms with E-state index in [4.69, 9.17) is 9.47 Å². The molecule has 0 atom stereocenters. The molecule has 6 aromatic rings. The van der Waals surface area contributed by atoms with Crippen molar-refractivity contribution in [1.82, 2.24) is 0 Å². The monoisotopic (exact) mass is 634 g/mol. The fourth-order valence-electron chi connectivity index (χ4n) is 5.52. The minimum absolute atomic E-state index is 0.00116. The second-order valence-electron chi connectivity index (χ2n) is 11.2. The van der Waals surface area contributed by atoms with Crippen LogP contribution in [0.25, 0.3) is 12.2 Å². The van der Waals surface area contributed by atoms with Crippen LogP contribution in [0.2, 0.25) is 0 Å². The number of rotatable bonds is 12. The Bertz CT molecular complexity index is 1680. The maximum atomic E-state index is 9.53. The summed E-state index contributed by atoms with van der Waals surface area (Å²) in [6.07, 6.45) is 4.23. The molecular weight excluding hydrogens is 596 g/mol. The molecule has 0 aromatic heterocycles. The molecule has 0 heterocycles. The van der Waals surface area contributed by atoms with Crippen LogP contribution in [-0.2, 0) is 13.2 Å². The van der Waals surface area contributed by atoms with E-state index < -0.39 is 0 Å². The van der Waals surface area contributed by atoms with Gasteiger partial charge in [-0.05, 0) is 119 Å². The van der Waals surface area contributed by atoms with E-state index in [0.717, 1.165) is 67.9 Å². The van der Waals surface area contributed by atoms with E-state index in [1.807, 2.05) is 72.8 Å². The topological polar surface area (TPSA) is 65.4 Å². The number of benzene rings is 6. The molecule has 0 unspecified atom stereocenters. The van der Waals surface area contributed by atoms with Crippen molar-refractivity contribution in [2.24, 2.45) is 0 Å². The zero-order valence-electron chi connectivity index (χ0n) is 27.0. The van der Waals surface area contributed by atoms with Crippen molar-refractivity contribution in [3.05, 3.63) is 168 Å². The van der Waals surface area contributed by atoms with Gasteiger partial charge in [0.25, 0.3) is 0 Å². The molecule has 2 N–H and O–H groups in total. The van der Waals surface area contributed by atoms with Gasteiger partial charge in [0.2, 0.25) is 0 Å². The fraction of sp³-hybridized carbons (Fsp3) is 0.0952. The molecule has 0 amide bonds. The standard InChI is InChI=1S/C42H38N2O4/c1-47-41-25-21-39(22-26-41)44(40-23-27-42(48-2)28-24-40)36-15-7-32(8-16-36)4-3-31-5-13-35(14-6-31)43(37-17-9-33(29-45)10-18-37)38-19-11-34(30-46)12-20-38/h3-28,45-46H,29-30H2,1-2H3. The van der Waals surface area contributed by atoms with Gasteiger partial charge in [-0.25, -0.2) is 0 Å². The molecular formula is C42H38N2O4. The first-order chi connectivity index (χ1) is 23.6.